The molecule has 0 fully saturated rings. The van der Waals surface area contributed by atoms with E-state index in [0.717, 1.165) is 36.1 Å². The molecule has 0 aliphatic heterocycles. The molecule has 0 radical (unpaired) electrons. The maximum Gasteiger partial charge on any atom is 0.387 e. The van der Waals surface area contributed by atoms with Crippen molar-refractivity contribution in [1.29, 1.82) is 0 Å². The van der Waals surface area contributed by atoms with Gasteiger partial charge in [-0.3, -0.25) is 4.79 Å². The van der Waals surface area contributed by atoms with Crippen molar-refractivity contribution < 1.29 is 27.8 Å². The van der Waals surface area contributed by atoms with Crippen molar-refractivity contribution in [1.82, 2.24) is 0 Å². The highest BCUT2D eigenvalue weighted by molar-refractivity contribution is 7.17. The van der Waals surface area contributed by atoms with Gasteiger partial charge in [0, 0.05) is 4.88 Å². The lowest BCUT2D eigenvalue weighted by molar-refractivity contribution is -0.0501. The number of carbonyl (C=O) groups is 2. The standard InChI is InChI=1S/C18H17F2NO4S/c1-24-17(23)14-11-7-3-5-9-13(11)26-16(14)21-15(22)10-6-2-4-8-12(10)25-18(19)20/h2,4,6,8,18H,3,5,7,9H2,1H3,(H,21,22). The minimum atomic E-state index is -3.04. The predicted octanol–water partition coefficient (Wildman–Crippen LogP) is 4.27. The van der Waals surface area contributed by atoms with Crippen molar-refractivity contribution in [2.24, 2.45) is 0 Å². The summed E-state index contributed by atoms with van der Waals surface area (Å²) < 4.78 is 34.4. The maximum atomic E-state index is 12.6. The van der Waals surface area contributed by atoms with Crippen LogP contribution in [0.4, 0.5) is 13.8 Å². The van der Waals surface area contributed by atoms with Crippen LogP contribution in [0, 0.1) is 0 Å². The Balaban J connectivity index is 1.93. The highest BCUT2D eigenvalue weighted by Crippen LogP contribution is 2.39. The Morgan fingerprint density at radius 3 is 2.65 bits per heavy atom. The minimum absolute atomic E-state index is 0.0324. The van der Waals surface area contributed by atoms with Gasteiger partial charge in [-0.2, -0.15) is 8.78 Å². The number of halogens is 2. The number of hydrogen-bond acceptors (Lipinski definition) is 5. The zero-order chi connectivity index (χ0) is 18.7. The van der Waals surface area contributed by atoms with Crippen molar-refractivity contribution in [3.05, 3.63) is 45.8 Å². The fourth-order valence-corrected chi connectivity index (χ4v) is 4.27. The van der Waals surface area contributed by atoms with Crippen LogP contribution in [-0.2, 0) is 17.6 Å². The number of rotatable bonds is 5. The molecule has 2 aromatic rings. The molecule has 1 N–H and O–H groups in total. The summed E-state index contributed by atoms with van der Waals surface area (Å²) in [6, 6.07) is 5.73. The van der Waals surface area contributed by atoms with Crippen LogP contribution in [0.5, 0.6) is 5.75 Å². The maximum absolute atomic E-state index is 12.6. The number of amides is 1. The molecule has 1 aromatic carbocycles. The van der Waals surface area contributed by atoms with Crippen LogP contribution in [0.15, 0.2) is 24.3 Å². The first-order valence-electron chi connectivity index (χ1n) is 8.09. The quantitative estimate of drug-likeness (QED) is 0.786. The molecular weight excluding hydrogens is 364 g/mol. The summed E-state index contributed by atoms with van der Waals surface area (Å²) >= 11 is 1.33. The zero-order valence-electron chi connectivity index (χ0n) is 14.0. The molecule has 26 heavy (non-hydrogen) atoms. The lowest BCUT2D eigenvalue weighted by Crippen LogP contribution is -2.16. The Morgan fingerprint density at radius 1 is 1.19 bits per heavy atom. The van der Waals surface area contributed by atoms with Crippen LogP contribution < -0.4 is 10.1 Å². The highest BCUT2D eigenvalue weighted by atomic mass is 32.1. The van der Waals surface area contributed by atoms with E-state index in [1.807, 2.05) is 0 Å². The number of anilines is 1. The third-order valence-corrected chi connectivity index (χ3v) is 5.34. The van der Waals surface area contributed by atoms with E-state index in [2.05, 4.69) is 10.1 Å². The zero-order valence-corrected chi connectivity index (χ0v) is 14.8. The third kappa shape index (κ3) is 3.70. The van der Waals surface area contributed by atoms with E-state index in [4.69, 9.17) is 4.74 Å². The fourth-order valence-electron chi connectivity index (χ4n) is 3.00. The summed E-state index contributed by atoms with van der Waals surface area (Å²) in [5.74, 6) is -1.36. The number of carbonyl (C=O) groups excluding carboxylic acids is 2. The average Bonchev–Trinajstić information content (AvgIpc) is 2.98. The van der Waals surface area contributed by atoms with Gasteiger partial charge in [0.2, 0.25) is 0 Å². The second-order valence-electron chi connectivity index (χ2n) is 5.74. The van der Waals surface area contributed by atoms with Crippen molar-refractivity contribution in [3.8, 4) is 5.75 Å². The molecule has 0 saturated heterocycles. The lowest BCUT2D eigenvalue weighted by Gasteiger charge is -2.12. The topological polar surface area (TPSA) is 64.6 Å². The number of hydrogen-bond donors (Lipinski definition) is 1. The molecule has 3 rings (SSSR count). The largest absolute Gasteiger partial charge is 0.465 e. The molecule has 138 valence electrons. The first-order chi connectivity index (χ1) is 12.5. The lowest BCUT2D eigenvalue weighted by atomic mass is 9.95. The van der Waals surface area contributed by atoms with E-state index in [9.17, 15) is 18.4 Å². The number of benzene rings is 1. The first-order valence-corrected chi connectivity index (χ1v) is 8.91. The van der Waals surface area contributed by atoms with Crippen LogP contribution in [0.2, 0.25) is 0 Å². The van der Waals surface area contributed by atoms with Gasteiger partial charge >= 0.3 is 12.6 Å². The number of methoxy groups -OCH3 is 1. The molecule has 0 atom stereocenters. The minimum Gasteiger partial charge on any atom is -0.465 e. The second kappa shape index (κ2) is 7.82. The van der Waals surface area contributed by atoms with Crippen molar-refractivity contribution in [2.45, 2.75) is 32.3 Å². The Labute approximate surface area is 152 Å². The summed E-state index contributed by atoms with van der Waals surface area (Å²) in [7, 11) is 1.28. The van der Waals surface area contributed by atoms with Gasteiger partial charge < -0.3 is 14.8 Å². The average molecular weight is 381 g/mol. The third-order valence-electron chi connectivity index (χ3n) is 4.14. The van der Waals surface area contributed by atoms with Crippen LogP contribution in [0.3, 0.4) is 0 Å². The smallest absolute Gasteiger partial charge is 0.387 e. The van der Waals surface area contributed by atoms with Gasteiger partial charge in [0.15, 0.2) is 0 Å². The van der Waals surface area contributed by atoms with E-state index in [-0.39, 0.29) is 11.3 Å². The van der Waals surface area contributed by atoms with E-state index in [1.165, 1.54) is 36.6 Å². The number of alkyl halides is 2. The van der Waals surface area contributed by atoms with Crippen LogP contribution in [-0.4, -0.2) is 25.6 Å². The SMILES string of the molecule is COC(=O)c1c(NC(=O)c2ccccc2OC(F)F)sc2c1CCCC2. The summed E-state index contributed by atoms with van der Waals surface area (Å²) in [6.07, 6.45) is 3.57. The van der Waals surface area contributed by atoms with Crippen LogP contribution >= 0.6 is 11.3 Å². The van der Waals surface area contributed by atoms with E-state index >= 15 is 0 Å². The first kappa shape index (κ1) is 18.3. The Bertz CT molecular complexity index is 835. The monoisotopic (exact) mass is 381 g/mol. The normalized spacial score (nSPS) is 13.2. The van der Waals surface area contributed by atoms with Gasteiger partial charge in [-0.15, -0.1) is 11.3 Å². The van der Waals surface area contributed by atoms with Gasteiger partial charge in [-0.25, -0.2) is 4.79 Å². The van der Waals surface area contributed by atoms with E-state index in [1.54, 1.807) is 6.07 Å². The van der Waals surface area contributed by atoms with Gasteiger partial charge in [0.25, 0.3) is 5.91 Å². The van der Waals surface area contributed by atoms with Gasteiger partial charge in [-0.05, 0) is 43.4 Å². The number of esters is 1. The number of fused-ring (bicyclic) bond motifs is 1. The highest BCUT2D eigenvalue weighted by Gasteiger charge is 2.27. The van der Waals surface area contributed by atoms with Crippen molar-refractivity contribution in [2.75, 3.05) is 12.4 Å². The Hall–Kier alpha value is -2.48. The molecule has 5 nitrogen and oxygen atoms in total. The summed E-state index contributed by atoms with van der Waals surface area (Å²) in [6.45, 7) is -3.04. The molecule has 1 heterocycles. The molecular formula is C18H17F2NO4S. The Morgan fingerprint density at radius 2 is 1.92 bits per heavy atom. The molecule has 0 saturated carbocycles. The van der Waals surface area contributed by atoms with E-state index in [0.29, 0.717) is 10.6 Å². The van der Waals surface area contributed by atoms with Gasteiger partial charge in [0.05, 0.1) is 18.2 Å². The number of aryl methyl sites for hydroxylation is 1. The summed E-state index contributed by atoms with van der Waals surface area (Å²) in [5, 5.41) is 3.04. The molecule has 8 heteroatoms. The van der Waals surface area contributed by atoms with Gasteiger partial charge in [0.1, 0.15) is 10.8 Å². The second-order valence-corrected chi connectivity index (χ2v) is 6.84. The number of thiophene rings is 1. The summed E-state index contributed by atoms with van der Waals surface area (Å²) in [5.41, 5.74) is 1.23. The molecule has 0 bridgehead atoms. The molecule has 1 aromatic heterocycles. The predicted molar refractivity (Wildman–Crippen MR) is 93.3 cm³/mol. The summed E-state index contributed by atoms with van der Waals surface area (Å²) in [4.78, 5) is 25.9. The number of ether oxygens (including phenoxy) is 2. The molecule has 1 aliphatic carbocycles. The van der Waals surface area contributed by atoms with Crippen LogP contribution in [0.25, 0.3) is 0 Å². The Kier molecular flexibility index (Phi) is 5.51. The van der Waals surface area contributed by atoms with Crippen LogP contribution in [0.1, 0.15) is 44.0 Å². The van der Waals surface area contributed by atoms with E-state index < -0.39 is 18.5 Å². The molecule has 0 spiro atoms. The van der Waals surface area contributed by atoms with Gasteiger partial charge in [-0.1, -0.05) is 12.1 Å². The van der Waals surface area contributed by atoms with Crippen molar-refractivity contribution in [3.63, 3.8) is 0 Å². The molecule has 0 unspecified atom stereocenters. The number of para-hydroxylation sites is 1. The number of nitrogens with one attached hydrogen (secondary N) is 1. The molecule has 1 aliphatic rings. The van der Waals surface area contributed by atoms with Crippen molar-refractivity contribution >= 4 is 28.2 Å². The molecule has 1 amide bonds. The fraction of sp³-hybridized carbons (Fsp3) is 0.333.